The second kappa shape index (κ2) is 6.82. The molecule has 0 saturated carbocycles. The van der Waals surface area contributed by atoms with Gasteiger partial charge >= 0.3 is 0 Å². The predicted molar refractivity (Wildman–Crippen MR) is 65.7 cm³/mol. The molecule has 0 aliphatic rings. The highest BCUT2D eigenvalue weighted by atomic mass is 32.1. The van der Waals surface area contributed by atoms with Crippen LogP contribution in [0.2, 0.25) is 0 Å². The van der Waals surface area contributed by atoms with Crippen LogP contribution in [0.1, 0.15) is 11.3 Å². The first-order chi connectivity index (χ1) is 7.24. The first-order valence-corrected chi connectivity index (χ1v) is 6.08. The van der Waals surface area contributed by atoms with Gasteiger partial charge in [0.1, 0.15) is 5.75 Å². The lowest BCUT2D eigenvalue weighted by Gasteiger charge is -2.09. The molecule has 0 saturated heterocycles. The summed E-state index contributed by atoms with van der Waals surface area (Å²) in [5, 5.41) is 5.49. The maximum atomic E-state index is 5.24. The molecule has 1 heterocycles. The zero-order valence-electron chi connectivity index (χ0n) is 9.75. The summed E-state index contributed by atoms with van der Waals surface area (Å²) in [5.41, 5.74) is 0. The first kappa shape index (κ1) is 12.5. The number of methoxy groups -OCH3 is 1. The van der Waals surface area contributed by atoms with Gasteiger partial charge < -0.3 is 15.0 Å². The van der Waals surface area contributed by atoms with Crippen LogP contribution < -0.4 is 10.1 Å². The number of nitrogens with zero attached hydrogens (tertiary/aromatic N) is 1. The maximum Gasteiger partial charge on any atom is 0.134 e. The molecule has 3 nitrogen and oxygen atoms in total. The molecule has 0 fully saturated rings. The van der Waals surface area contributed by atoms with Gasteiger partial charge in [0.05, 0.1) is 12.0 Å². The minimum atomic E-state index is 0.911. The van der Waals surface area contributed by atoms with Crippen molar-refractivity contribution in [2.24, 2.45) is 0 Å². The zero-order valence-corrected chi connectivity index (χ0v) is 10.6. The largest absolute Gasteiger partial charge is 0.496 e. The Morgan fingerprint density at radius 1 is 1.47 bits per heavy atom. The highest BCUT2D eigenvalue weighted by Gasteiger charge is 2.02. The van der Waals surface area contributed by atoms with Crippen molar-refractivity contribution in [2.75, 3.05) is 34.3 Å². The van der Waals surface area contributed by atoms with E-state index in [0.717, 1.165) is 25.4 Å². The van der Waals surface area contributed by atoms with Crippen LogP contribution in [0, 0.1) is 0 Å². The molecule has 0 aromatic carbocycles. The second-order valence-electron chi connectivity index (χ2n) is 3.75. The van der Waals surface area contributed by atoms with Gasteiger partial charge in [0, 0.05) is 6.54 Å². The van der Waals surface area contributed by atoms with Crippen LogP contribution in [0.25, 0.3) is 0 Å². The van der Waals surface area contributed by atoms with E-state index in [1.807, 2.05) is 6.07 Å². The van der Waals surface area contributed by atoms with Crippen molar-refractivity contribution in [1.29, 1.82) is 0 Å². The lowest BCUT2D eigenvalue weighted by atomic mass is 10.3. The third kappa shape index (κ3) is 4.64. The normalized spacial score (nSPS) is 10.9. The van der Waals surface area contributed by atoms with E-state index in [1.165, 1.54) is 11.3 Å². The van der Waals surface area contributed by atoms with Gasteiger partial charge in [-0.05, 0) is 45.1 Å². The molecule has 4 heteroatoms. The number of ether oxygens (including phenoxy) is 1. The number of hydrogen-bond acceptors (Lipinski definition) is 4. The molecular formula is C11H20N2OS. The summed E-state index contributed by atoms with van der Waals surface area (Å²) >= 11 is 1.74. The van der Waals surface area contributed by atoms with Crippen LogP contribution in [0.15, 0.2) is 11.4 Å². The number of thiophene rings is 1. The summed E-state index contributed by atoms with van der Waals surface area (Å²) in [6, 6.07) is 2.02. The van der Waals surface area contributed by atoms with Crippen LogP contribution in [0.4, 0.5) is 0 Å². The molecule has 1 aromatic heterocycles. The van der Waals surface area contributed by atoms with Crippen molar-refractivity contribution < 1.29 is 4.74 Å². The van der Waals surface area contributed by atoms with E-state index in [1.54, 1.807) is 18.4 Å². The van der Waals surface area contributed by atoms with E-state index in [9.17, 15) is 0 Å². The van der Waals surface area contributed by atoms with E-state index in [-0.39, 0.29) is 0 Å². The molecule has 86 valence electrons. The third-order valence-electron chi connectivity index (χ3n) is 2.17. The fourth-order valence-electron chi connectivity index (χ4n) is 1.36. The predicted octanol–water partition coefficient (Wildman–Crippen LogP) is 1.80. The zero-order chi connectivity index (χ0) is 11.1. The van der Waals surface area contributed by atoms with Gasteiger partial charge in [-0.15, -0.1) is 11.3 Å². The van der Waals surface area contributed by atoms with Gasteiger partial charge in [-0.2, -0.15) is 0 Å². The third-order valence-corrected chi connectivity index (χ3v) is 3.07. The summed E-state index contributed by atoms with van der Waals surface area (Å²) in [6.45, 7) is 3.10. The van der Waals surface area contributed by atoms with Crippen molar-refractivity contribution >= 4 is 11.3 Å². The number of rotatable bonds is 7. The van der Waals surface area contributed by atoms with Crippen LogP contribution in [-0.4, -0.2) is 39.2 Å². The van der Waals surface area contributed by atoms with Gasteiger partial charge in [0.15, 0.2) is 0 Å². The fraction of sp³-hybridized carbons (Fsp3) is 0.636. The average Bonchev–Trinajstić information content (AvgIpc) is 2.64. The van der Waals surface area contributed by atoms with Crippen molar-refractivity contribution in [1.82, 2.24) is 10.2 Å². The Morgan fingerprint density at radius 2 is 2.27 bits per heavy atom. The van der Waals surface area contributed by atoms with Crippen molar-refractivity contribution in [2.45, 2.75) is 13.0 Å². The molecule has 0 radical (unpaired) electrons. The lowest BCUT2D eigenvalue weighted by Crippen LogP contribution is -2.20. The smallest absolute Gasteiger partial charge is 0.134 e. The Labute approximate surface area is 96.0 Å². The molecule has 0 spiro atoms. The van der Waals surface area contributed by atoms with Gasteiger partial charge in [0.25, 0.3) is 0 Å². The Hall–Kier alpha value is -0.580. The topological polar surface area (TPSA) is 24.5 Å². The van der Waals surface area contributed by atoms with Gasteiger partial charge in [-0.25, -0.2) is 0 Å². The van der Waals surface area contributed by atoms with E-state index in [0.29, 0.717) is 0 Å². The quantitative estimate of drug-likeness (QED) is 0.720. The summed E-state index contributed by atoms with van der Waals surface area (Å²) in [4.78, 5) is 3.48. The average molecular weight is 228 g/mol. The first-order valence-electron chi connectivity index (χ1n) is 5.20. The minimum Gasteiger partial charge on any atom is -0.496 e. The monoisotopic (exact) mass is 228 g/mol. The molecular weight excluding hydrogens is 208 g/mol. The van der Waals surface area contributed by atoms with Crippen LogP contribution in [0.3, 0.4) is 0 Å². The Bertz CT molecular complexity index is 273. The number of hydrogen-bond donors (Lipinski definition) is 1. The summed E-state index contributed by atoms with van der Waals surface area (Å²) in [6.07, 6.45) is 1.18. The van der Waals surface area contributed by atoms with Gasteiger partial charge in [0.2, 0.25) is 0 Å². The fourth-order valence-corrected chi connectivity index (χ4v) is 2.17. The van der Waals surface area contributed by atoms with Crippen LogP contribution >= 0.6 is 11.3 Å². The van der Waals surface area contributed by atoms with Crippen molar-refractivity contribution in [3.8, 4) is 5.75 Å². The van der Waals surface area contributed by atoms with Gasteiger partial charge in [-0.3, -0.25) is 0 Å². The minimum absolute atomic E-state index is 0.911. The molecule has 0 amide bonds. The Morgan fingerprint density at radius 3 is 2.93 bits per heavy atom. The van der Waals surface area contributed by atoms with E-state index < -0.39 is 0 Å². The van der Waals surface area contributed by atoms with Crippen molar-refractivity contribution in [3.63, 3.8) is 0 Å². The standard InChI is InChI=1S/C11H20N2OS/c1-13(2)7-4-6-12-9-11-10(14-3)5-8-15-11/h5,8,12H,4,6-7,9H2,1-3H3. The van der Waals surface area contributed by atoms with Gasteiger partial charge in [-0.1, -0.05) is 0 Å². The molecule has 1 rings (SSSR count). The number of nitrogens with one attached hydrogen (secondary N) is 1. The molecule has 1 N–H and O–H groups in total. The Balaban J connectivity index is 2.15. The maximum absolute atomic E-state index is 5.24. The summed E-state index contributed by atoms with van der Waals surface area (Å²) < 4.78 is 5.24. The van der Waals surface area contributed by atoms with Crippen LogP contribution in [0.5, 0.6) is 5.75 Å². The highest BCUT2D eigenvalue weighted by molar-refractivity contribution is 7.10. The summed E-state index contributed by atoms with van der Waals surface area (Å²) in [7, 11) is 5.92. The highest BCUT2D eigenvalue weighted by Crippen LogP contribution is 2.23. The second-order valence-corrected chi connectivity index (χ2v) is 4.75. The SMILES string of the molecule is COc1ccsc1CNCCCN(C)C. The molecule has 0 unspecified atom stereocenters. The van der Waals surface area contributed by atoms with Crippen molar-refractivity contribution in [3.05, 3.63) is 16.3 Å². The molecule has 0 atom stereocenters. The molecule has 0 bridgehead atoms. The molecule has 0 aliphatic carbocycles. The molecule has 0 aliphatic heterocycles. The molecule has 15 heavy (non-hydrogen) atoms. The Kier molecular flexibility index (Phi) is 5.68. The van der Waals surface area contributed by atoms with E-state index in [2.05, 4.69) is 29.7 Å². The van der Waals surface area contributed by atoms with Crippen LogP contribution in [-0.2, 0) is 6.54 Å². The van der Waals surface area contributed by atoms with E-state index >= 15 is 0 Å². The lowest BCUT2D eigenvalue weighted by molar-refractivity contribution is 0.392. The summed E-state index contributed by atoms with van der Waals surface area (Å²) in [5.74, 6) is 1.00. The molecule has 1 aromatic rings. The van der Waals surface area contributed by atoms with E-state index in [4.69, 9.17) is 4.74 Å².